The summed E-state index contributed by atoms with van der Waals surface area (Å²) in [7, 11) is 0. The Kier molecular flexibility index (Phi) is 2.03. The minimum atomic E-state index is -0.291. The van der Waals surface area contributed by atoms with Crippen LogP contribution in [0.1, 0.15) is 6.92 Å². The van der Waals surface area contributed by atoms with Gasteiger partial charge < -0.3 is 4.74 Å². The van der Waals surface area contributed by atoms with Crippen LogP contribution in [0.2, 0.25) is 0 Å². The summed E-state index contributed by atoms with van der Waals surface area (Å²) in [6.45, 7) is 2.88. The van der Waals surface area contributed by atoms with E-state index >= 15 is 0 Å². The SMILES string of the molecule is C[C@@]12Cn3c(=O)c4cc5ccccc5cc4c(=O)n3C[C@@H]1O2. The molecule has 5 nitrogen and oxygen atoms in total. The van der Waals surface area contributed by atoms with Crippen LogP contribution >= 0.6 is 0 Å². The van der Waals surface area contributed by atoms with Crippen molar-refractivity contribution in [2.75, 3.05) is 0 Å². The summed E-state index contributed by atoms with van der Waals surface area (Å²) in [5.74, 6) is 0. The summed E-state index contributed by atoms with van der Waals surface area (Å²) in [6, 6.07) is 11.4. The molecule has 0 N–H and O–H groups in total. The number of epoxide rings is 1. The van der Waals surface area contributed by atoms with Crippen molar-refractivity contribution in [2.45, 2.75) is 31.7 Å². The number of rotatable bonds is 0. The highest BCUT2D eigenvalue weighted by Crippen LogP contribution is 2.40. The van der Waals surface area contributed by atoms with Gasteiger partial charge in [-0.25, -0.2) is 9.36 Å². The van der Waals surface area contributed by atoms with E-state index in [0.29, 0.717) is 23.9 Å². The lowest BCUT2D eigenvalue weighted by molar-refractivity contribution is 0.278. The molecule has 1 fully saturated rings. The van der Waals surface area contributed by atoms with Crippen LogP contribution in [0.4, 0.5) is 0 Å². The molecule has 1 saturated heterocycles. The molecule has 2 atom stereocenters. The van der Waals surface area contributed by atoms with Gasteiger partial charge in [-0.2, -0.15) is 0 Å². The highest BCUT2D eigenvalue weighted by molar-refractivity contribution is 5.97. The largest absolute Gasteiger partial charge is 0.362 e. The molecule has 0 radical (unpaired) electrons. The van der Waals surface area contributed by atoms with E-state index in [1.165, 1.54) is 0 Å². The first-order valence-corrected chi connectivity index (χ1v) is 7.41. The van der Waals surface area contributed by atoms with Gasteiger partial charge in [-0.15, -0.1) is 0 Å². The van der Waals surface area contributed by atoms with Gasteiger partial charge in [0.25, 0.3) is 11.1 Å². The van der Waals surface area contributed by atoms with Crippen LogP contribution in [-0.2, 0) is 17.8 Å². The highest BCUT2D eigenvalue weighted by Gasteiger charge is 2.56. The summed E-state index contributed by atoms with van der Waals surface area (Å²) < 4.78 is 8.73. The first-order valence-electron chi connectivity index (χ1n) is 7.41. The first kappa shape index (κ1) is 12.2. The number of hydrogen-bond donors (Lipinski definition) is 0. The van der Waals surface area contributed by atoms with E-state index in [-0.39, 0.29) is 22.8 Å². The molecule has 0 saturated carbocycles. The number of aromatic nitrogens is 2. The second-order valence-corrected chi connectivity index (χ2v) is 6.41. The summed E-state index contributed by atoms with van der Waals surface area (Å²) >= 11 is 0. The third kappa shape index (κ3) is 1.41. The van der Waals surface area contributed by atoms with Gasteiger partial charge in [-0.05, 0) is 29.8 Å². The average molecular weight is 294 g/mol. The molecule has 5 rings (SSSR count). The van der Waals surface area contributed by atoms with Crippen molar-refractivity contribution >= 4 is 21.5 Å². The van der Waals surface area contributed by atoms with E-state index in [4.69, 9.17) is 4.74 Å². The Labute approximate surface area is 125 Å². The molecule has 3 aromatic rings. The molecule has 22 heavy (non-hydrogen) atoms. The monoisotopic (exact) mass is 294 g/mol. The molecule has 3 heterocycles. The molecule has 0 amide bonds. The Morgan fingerprint density at radius 1 is 1.05 bits per heavy atom. The van der Waals surface area contributed by atoms with E-state index in [2.05, 4.69) is 0 Å². The van der Waals surface area contributed by atoms with Crippen LogP contribution in [0.25, 0.3) is 21.5 Å². The summed E-state index contributed by atoms with van der Waals surface area (Å²) in [5, 5.41) is 2.92. The molecule has 2 aliphatic rings. The first-order chi connectivity index (χ1) is 10.6. The van der Waals surface area contributed by atoms with Crippen LogP contribution in [-0.4, -0.2) is 21.1 Å². The van der Waals surface area contributed by atoms with E-state index in [0.717, 1.165) is 10.8 Å². The van der Waals surface area contributed by atoms with Gasteiger partial charge in [0, 0.05) is 0 Å². The van der Waals surface area contributed by atoms with Crippen molar-refractivity contribution in [1.82, 2.24) is 9.36 Å². The molecule has 0 spiro atoms. The molecular formula is C17H14N2O3. The van der Waals surface area contributed by atoms with Crippen molar-refractivity contribution in [3.8, 4) is 0 Å². The maximum Gasteiger partial charge on any atom is 0.273 e. The zero-order valence-electron chi connectivity index (χ0n) is 12.1. The van der Waals surface area contributed by atoms with E-state index < -0.39 is 0 Å². The summed E-state index contributed by atoms with van der Waals surface area (Å²) in [5.41, 5.74) is -0.519. The van der Waals surface area contributed by atoms with Crippen molar-refractivity contribution in [3.05, 3.63) is 57.1 Å². The van der Waals surface area contributed by atoms with Gasteiger partial charge >= 0.3 is 0 Å². The molecule has 0 unspecified atom stereocenters. The smallest absolute Gasteiger partial charge is 0.273 e. The third-order valence-electron chi connectivity index (χ3n) is 4.94. The highest BCUT2D eigenvalue weighted by atomic mass is 16.6. The van der Waals surface area contributed by atoms with E-state index in [9.17, 15) is 9.59 Å². The number of nitrogens with zero attached hydrogens (tertiary/aromatic N) is 2. The van der Waals surface area contributed by atoms with Gasteiger partial charge in [0.2, 0.25) is 0 Å². The normalized spacial score (nSPS) is 26.0. The van der Waals surface area contributed by atoms with Crippen LogP contribution in [0.15, 0.2) is 46.0 Å². The lowest BCUT2D eigenvalue weighted by Gasteiger charge is -2.22. The lowest BCUT2D eigenvalue weighted by atomic mass is 10.0. The Morgan fingerprint density at radius 3 is 2.27 bits per heavy atom. The Morgan fingerprint density at radius 2 is 1.64 bits per heavy atom. The third-order valence-corrected chi connectivity index (χ3v) is 4.94. The van der Waals surface area contributed by atoms with Crippen LogP contribution in [0, 0.1) is 0 Å². The molecule has 1 aromatic heterocycles. The number of hydrogen-bond acceptors (Lipinski definition) is 3. The maximum atomic E-state index is 12.8. The van der Waals surface area contributed by atoms with Crippen molar-refractivity contribution in [2.24, 2.45) is 0 Å². The summed E-state index contributed by atoms with van der Waals surface area (Å²) in [4.78, 5) is 25.6. The fourth-order valence-corrected chi connectivity index (χ4v) is 3.55. The summed E-state index contributed by atoms with van der Waals surface area (Å²) in [6.07, 6.45) is 0.0440. The Bertz CT molecular complexity index is 1080. The zero-order chi connectivity index (χ0) is 15.1. The van der Waals surface area contributed by atoms with Gasteiger partial charge in [0.05, 0.1) is 23.9 Å². The average Bonchev–Trinajstić information content (AvgIpc) is 3.20. The quantitative estimate of drug-likeness (QED) is 0.466. The minimum Gasteiger partial charge on any atom is -0.362 e. The molecular weight excluding hydrogens is 280 g/mol. The maximum absolute atomic E-state index is 12.8. The predicted molar refractivity (Wildman–Crippen MR) is 83.3 cm³/mol. The molecule has 0 bridgehead atoms. The Balaban J connectivity index is 1.93. The van der Waals surface area contributed by atoms with Crippen LogP contribution < -0.4 is 11.1 Å². The lowest BCUT2D eigenvalue weighted by Crippen LogP contribution is -2.46. The molecule has 2 aliphatic heterocycles. The molecule has 5 heteroatoms. The standard InChI is InChI=1S/C17H14N2O3/c1-17-9-19-16(21)13-7-11-5-3-2-4-10(11)6-12(13)15(20)18(19)8-14(17)22-17/h2-7,14H,8-9H2,1H3/t14-,17+/m0/s1. The number of benzene rings is 2. The van der Waals surface area contributed by atoms with E-state index in [1.807, 2.05) is 43.3 Å². The molecule has 110 valence electrons. The second-order valence-electron chi connectivity index (χ2n) is 6.41. The van der Waals surface area contributed by atoms with Gasteiger partial charge in [0.1, 0.15) is 11.7 Å². The fraction of sp³-hybridized carbons (Fsp3) is 0.294. The zero-order valence-corrected chi connectivity index (χ0v) is 12.1. The Hall–Kier alpha value is -2.40. The topological polar surface area (TPSA) is 56.5 Å². The number of fused-ring (bicyclic) bond motifs is 4. The van der Waals surface area contributed by atoms with Crippen molar-refractivity contribution in [3.63, 3.8) is 0 Å². The van der Waals surface area contributed by atoms with Crippen LogP contribution in [0.5, 0.6) is 0 Å². The second kappa shape index (κ2) is 3.67. The van der Waals surface area contributed by atoms with Crippen LogP contribution in [0.3, 0.4) is 0 Å². The van der Waals surface area contributed by atoms with Crippen molar-refractivity contribution < 1.29 is 4.74 Å². The minimum absolute atomic E-state index is 0.0440. The predicted octanol–water partition coefficient (Wildman–Crippen LogP) is 1.49. The van der Waals surface area contributed by atoms with Gasteiger partial charge in [0.15, 0.2) is 0 Å². The molecule has 0 aliphatic carbocycles. The van der Waals surface area contributed by atoms with E-state index in [1.54, 1.807) is 9.36 Å². The molecule has 2 aromatic carbocycles. The van der Waals surface area contributed by atoms with Crippen molar-refractivity contribution in [1.29, 1.82) is 0 Å². The van der Waals surface area contributed by atoms with Gasteiger partial charge in [-0.1, -0.05) is 24.3 Å². The fourth-order valence-electron chi connectivity index (χ4n) is 3.55. The van der Waals surface area contributed by atoms with Gasteiger partial charge in [-0.3, -0.25) is 9.59 Å². The number of ether oxygens (including phenoxy) is 1.